The molecule has 0 aromatic rings. The van der Waals surface area contributed by atoms with Crippen LogP contribution < -0.4 is 5.32 Å². The SMILES string of the molecule is C=CCN1CC(C(=O)N2CCCN(C(=O)NCC3CCCCC3)CC2)CC1=O. The van der Waals surface area contributed by atoms with Crippen LogP contribution in [-0.2, 0) is 9.59 Å². The quantitative estimate of drug-likeness (QED) is 0.728. The maximum atomic E-state index is 12.9. The third kappa shape index (κ3) is 5.26. The summed E-state index contributed by atoms with van der Waals surface area (Å²) in [5, 5.41) is 3.10. The zero-order valence-corrected chi connectivity index (χ0v) is 16.9. The largest absolute Gasteiger partial charge is 0.341 e. The standard InChI is InChI=1S/C21H34N4O3/c1-2-9-25-16-18(14-19(25)26)20(27)23-10-6-11-24(13-12-23)21(28)22-15-17-7-4-3-5-8-17/h2,17-18H,1,3-16H2,(H,22,28). The van der Waals surface area contributed by atoms with Gasteiger partial charge < -0.3 is 20.0 Å². The lowest BCUT2D eigenvalue weighted by Crippen LogP contribution is -2.44. The fourth-order valence-corrected chi connectivity index (χ4v) is 4.60. The van der Waals surface area contributed by atoms with Crippen LogP contribution in [0.3, 0.4) is 0 Å². The molecule has 1 N–H and O–H groups in total. The van der Waals surface area contributed by atoms with Gasteiger partial charge in [0.05, 0.1) is 5.92 Å². The van der Waals surface area contributed by atoms with E-state index in [1.807, 2.05) is 9.80 Å². The van der Waals surface area contributed by atoms with E-state index in [0.29, 0.717) is 45.2 Å². The summed E-state index contributed by atoms with van der Waals surface area (Å²) in [5.41, 5.74) is 0. The number of carbonyl (C=O) groups excluding carboxylic acids is 3. The molecule has 0 bridgehead atoms. The van der Waals surface area contributed by atoms with E-state index < -0.39 is 0 Å². The highest BCUT2D eigenvalue weighted by Gasteiger charge is 2.36. The van der Waals surface area contributed by atoms with Gasteiger partial charge in [-0.3, -0.25) is 9.59 Å². The first-order valence-electron chi connectivity index (χ1n) is 10.8. The molecule has 1 aliphatic carbocycles. The van der Waals surface area contributed by atoms with Gasteiger partial charge in [-0.05, 0) is 25.2 Å². The van der Waals surface area contributed by atoms with Crippen molar-refractivity contribution >= 4 is 17.8 Å². The molecule has 28 heavy (non-hydrogen) atoms. The number of likely N-dealkylation sites (tertiary alicyclic amines) is 1. The van der Waals surface area contributed by atoms with E-state index in [4.69, 9.17) is 0 Å². The second-order valence-electron chi connectivity index (χ2n) is 8.34. The van der Waals surface area contributed by atoms with E-state index in [0.717, 1.165) is 13.0 Å². The Morgan fingerprint density at radius 3 is 2.50 bits per heavy atom. The van der Waals surface area contributed by atoms with Crippen molar-refractivity contribution in [2.24, 2.45) is 11.8 Å². The first-order valence-corrected chi connectivity index (χ1v) is 10.8. The van der Waals surface area contributed by atoms with Crippen molar-refractivity contribution in [2.45, 2.75) is 44.9 Å². The maximum Gasteiger partial charge on any atom is 0.317 e. The van der Waals surface area contributed by atoms with Crippen LogP contribution >= 0.6 is 0 Å². The predicted molar refractivity (Wildman–Crippen MR) is 108 cm³/mol. The predicted octanol–water partition coefficient (Wildman–Crippen LogP) is 1.85. The number of nitrogens with zero attached hydrogens (tertiary/aromatic N) is 3. The highest BCUT2D eigenvalue weighted by Crippen LogP contribution is 2.23. The fourth-order valence-electron chi connectivity index (χ4n) is 4.60. The smallest absolute Gasteiger partial charge is 0.317 e. The number of nitrogens with one attached hydrogen (secondary N) is 1. The molecule has 2 aliphatic heterocycles. The summed E-state index contributed by atoms with van der Waals surface area (Å²) in [4.78, 5) is 42.8. The van der Waals surface area contributed by atoms with Gasteiger partial charge in [-0.25, -0.2) is 4.79 Å². The molecule has 0 aromatic heterocycles. The average Bonchev–Trinajstić information content (AvgIpc) is 2.92. The van der Waals surface area contributed by atoms with E-state index in [2.05, 4.69) is 11.9 Å². The first kappa shape index (κ1) is 20.7. The zero-order valence-electron chi connectivity index (χ0n) is 16.9. The summed E-state index contributed by atoms with van der Waals surface area (Å²) >= 11 is 0. The van der Waals surface area contributed by atoms with E-state index in [-0.39, 0.29) is 30.2 Å². The minimum Gasteiger partial charge on any atom is -0.341 e. The van der Waals surface area contributed by atoms with Crippen LogP contribution in [0.2, 0.25) is 0 Å². The van der Waals surface area contributed by atoms with Gasteiger partial charge in [-0.2, -0.15) is 0 Å². The minimum atomic E-state index is -0.265. The van der Waals surface area contributed by atoms with Crippen LogP contribution in [0.1, 0.15) is 44.9 Å². The number of urea groups is 1. The van der Waals surface area contributed by atoms with E-state index in [9.17, 15) is 14.4 Å². The highest BCUT2D eigenvalue weighted by atomic mass is 16.2. The maximum absolute atomic E-state index is 12.9. The lowest BCUT2D eigenvalue weighted by Gasteiger charge is -2.26. The Bertz CT molecular complexity index is 588. The lowest BCUT2D eigenvalue weighted by molar-refractivity contribution is -0.135. The van der Waals surface area contributed by atoms with Crippen LogP contribution in [0.15, 0.2) is 12.7 Å². The molecule has 1 unspecified atom stereocenters. The molecule has 7 nitrogen and oxygen atoms in total. The van der Waals surface area contributed by atoms with Crippen molar-refractivity contribution in [1.82, 2.24) is 20.0 Å². The van der Waals surface area contributed by atoms with Crippen molar-refractivity contribution in [1.29, 1.82) is 0 Å². The molecule has 7 heteroatoms. The van der Waals surface area contributed by atoms with Crippen LogP contribution in [0.25, 0.3) is 0 Å². The third-order valence-corrected chi connectivity index (χ3v) is 6.27. The molecule has 3 aliphatic rings. The second kappa shape index (κ2) is 9.94. The molecule has 1 atom stereocenters. The molecule has 0 radical (unpaired) electrons. The molecule has 1 saturated carbocycles. The van der Waals surface area contributed by atoms with Gasteiger partial charge in [0.25, 0.3) is 0 Å². The number of hydrogen-bond donors (Lipinski definition) is 1. The molecular formula is C21H34N4O3. The summed E-state index contributed by atoms with van der Waals surface area (Å²) in [6.07, 6.45) is 9.05. The van der Waals surface area contributed by atoms with Crippen LogP contribution in [0.5, 0.6) is 0 Å². The summed E-state index contributed by atoms with van der Waals surface area (Å²) in [6.45, 7) is 7.83. The first-order chi connectivity index (χ1) is 13.6. The average molecular weight is 391 g/mol. The molecule has 2 saturated heterocycles. The van der Waals surface area contributed by atoms with Crippen molar-refractivity contribution in [3.8, 4) is 0 Å². The van der Waals surface area contributed by atoms with Gasteiger partial charge >= 0.3 is 6.03 Å². The summed E-state index contributed by atoms with van der Waals surface area (Å²) in [6, 6.07) is -0.00641. The number of carbonyl (C=O) groups is 3. The fraction of sp³-hybridized carbons (Fsp3) is 0.762. The van der Waals surface area contributed by atoms with Gasteiger partial charge in [-0.15, -0.1) is 6.58 Å². The van der Waals surface area contributed by atoms with Crippen molar-refractivity contribution in [3.05, 3.63) is 12.7 Å². The normalized spacial score (nSPS) is 24.2. The minimum absolute atomic E-state index is 0.00641. The molecule has 0 aromatic carbocycles. The Labute approximate surface area is 168 Å². The number of rotatable bonds is 5. The number of hydrogen-bond acceptors (Lipinski definition) is 3. The van der Waals surface area contributed by atoms with Crippen molar-refractivity contribution in [2.75, 3.05) is 45.8 Å². The number of amides is 4. The third-order valence-electron chi connectivity index (χ3n) is 6.27. The second-order valence-corrected chi connectivity index (χ2v) is 8.34. The van der Waals surface area contributed by atoms with Gasteiger partial charge in [-0.1, -0.05) is 25.3 Å². The van der Waals surface area contributed by atoms with Crippen LogP contribution in [0, 0.1) is 11.8 Å². The van der Waals surface area contributed by atoms with Crippen LogP contribution in [-0.4, -0.2) is 78.4 Å². The van der Waals surface area contributed by atoms with Crippen molar-refractivity contribution in [3.63, 3.8) is 0 Å². The monoisotopic (exact) mass is 390 g/mol. The van der Waals surface area contributed by atoms with E-state index in [1.165, 1.54) is 32.1 Å². The van der Waals surface area contributed by atoms with Gasteiger partial charge in [0, 0.05) is 52.2 Å². The Kier molecular flexibility index (Phi) is 7.34. The summed E-state index contributed by atoms with van der Waals surface area (Å²) in [5.74, 6) is 0.418. The summed E-state index contributed by atoms with van der Waals surface area (Å²) in [7, 11) is 0. The Morgan fingerprint density at radius 1 is 1.04 bits per heavy atom. The molecule has 2 heterocycles. The van der Waals surface area contributed by atoms with Gasteiger partial charge in [0.1, 0.15) is 0 Å². The summed E-state index contributed by atoms with van der Waals surface area (Å²) < 4.78 is 0. The molecule has 156 valence electrons. The topological polar surface area (TPSA) is 73.0 Å². The highest BCUT2D eigenvalue weighted by molar-refractivity contribution is 5.89. The molecule has 3 rings (SSSR count). The van der Waals surface area contributed by atoms with E-state index >= 15 is 0 Å². The van der Waals surface area contributed by atoms with Crippen molar-refractivity contribution < 1.29 is 14.4 Å². The molecule has 0 spiro atoms. The van der Waals surface area contributed by atoms with Gasteiger partial charge in [0.15, 0.2) is 0 Å². The Morgan fingerprint density at radius 2 is 1.75 bits per heavy atom. The lowest BCUT2D eigenvalue weighted by atomic mass is 9.89. The molecule has 4 amide bonds. The Balaban J connectivity index is 1.45. The van der Waals surface area contributed by atoms with Gasteiger partial charge in [0.2, 0.25) is 11.8 Å². The zero-order chi connectivity index (χ0) is 19.9. The molecular weight excluding hydrogens is 356 g/mol. The van der Waals surface area contributed by atoms with Crippen LogP contribution in [0.4, 0.5) is 4.79 Å². The Hall–Kier alpha value is -2.05. The van der Waals surface area contributed by atoms with E-state index in [1.54, 1.807) is 11.0 Å². The molecule has 3 fully saturated rings.